The molecule has 0 aliphatic heterocycles. The fourth-order valence-corrected chi connectivity index (χ4v) is 3.00. The number of nitrogens with two attached hydrogens (primary N) is 1. The zero-order valence-electron chi connectivity index (χ0n) is 10.4. The second-order valence-electron chi connectivity index (χ2n) is 4.36. The minimum absolute atomic E-state index is 0.0772. The highest BCUT2D eigenvalue weighted by atomic mass is 127. The number of rotatable bonds is 5. The number of hydrogen-bond acceptors (Lipinski definition) is 2. The molecule has 0 radical (unpaired) electrons. The summed E-state index contributed by atoms with van der Waals surface area (Å²) in [6.45, 7) is 0. The second kappa shape index (κ2) is 7.26. The van der Waals surface area contributed by atoms with E-state index in [1.54, 1.807) is 23.9 Å². The Morgan fingerprint density at radius 1 is 1.16 bits per heavy atom. The molecule has 2 aromatic carbocycles. The van der Waals surface area contributed by atoms with E-state index in [-0.39, 0.29) is 11.9 Å². The summed E-state index contributed by atoms with van der Waals surface area (Å²) in [7, 11) is 0. The number of thioether (sulfide) groups is 1. The highest BCUT2D eigenvalue weighted by Gasteiger charge is 2.05. The van der Waals surface area contributed by atoms with Crippen molar-refractivity contribution in [1.29, 1.82) is 0 Å². The molecule has 0 saturated heterocycles. The van der Waals surface area contributed by atoms with Gasteiger partial charge in [-0.15, -0.1) is 11.8 Å². The lowest BCUT2D eigenvalue weighted by molar-refractivity contribution is 0.624. The largest absolute Gasteiger partial charge is 0.327 e. The van der Waals surface area contributed by atoms with Gasteiger partial charge in [0.25, 0.3) is 0 Å². The van der Waals surface area contributed by atoms with Gasteiger partial charge in [0.2, 0.25) is 0 Å². The third kappa shape index (κ3) is 5.12. The minimum Gasteiger partial charge on any atom is -0.327 e. The molecule has 4 heteroatoms. The summed E-state index contributed by atoms with van der Waals surface area (Å²) < 4.78 is 14.3. The summed E-state index contributed by atoms with van der Waals surface area (Å²) in [5, 5.41) is 0. The van der Waals surface area contributed by atoms with E-state index in [2.05, 4.69) is 46.9 Å². The molecular weight excluding hydrogens is 372 g/mol. The van der Waals surface area contributed by atoms with E-state index < -0.39 is 0 Å². The van der Waals surface area contributed by atoms with Gasteiger partial charge < -0.3 is 5.73 Å². The molecule has 2 aromatic rings. The lowest BCUT2D eigenvalue weighted by Gasteiger charge is -2.11. The van der Waals surface area contributed by atoms with Gasteiger partial charge in [-0.3, -0.25) is 0 Å². The highest BCUT2D eigenvalue weighted by molar-refractivity contribution is 14.1. The van der Waals surface area contributed by atoms with E-state index in [0.29, 0.717) is 0 Å². The maximum atomic E-state index is 13.0. The van der Waals surface area contributed by atoms with Gasteiger partial charge in [0.15, 0.2) is 0 Å². The Morgan fingerprint density at radius 3 is 2.58 bits per heavy atom. The molecule has 0 spiro atoms. The molecule has 0 amide bonds. The van der Waals surface area contributed by atoms with Crippen molar-refractivity contribution in [2.75, 3.05) is 5.75 Å². The first-order valence-electron chi connectivity index (χ1n) is 6.02. The molecular formula is C15H15FINS. The zero-order chi connectivity index (χ0) is 13.7. The van der Waals surface area contributed by atoms with Crippen molar-refractivity contribution in [1.82, 2.24) is 0 Å². The van der Waals surface area contributed by atoms with Gasteiger partial charge in [0.1, 0.15) is 5.82 Å². The zero-order valence-corrected chi connectivity index (χ0v) is 13.3. The van der Waals surface area contributed by atoms with Crippen LogP contribution < -0.4 is 5.73 Å². The lowest BCUT2D eigenvalue weighted by atomic mass is 10.1. The van der Waals surface area contributed by atoms with Gasteiger partial charge in [0.05, 0.1) is 0 Å². The van der Waals surface area contributed by atoms with Crippen molar-refractivity contribution in [3.8, 4) is 0 Å². The van der Waals surface area contributed by atoms with Gasteiger partial charge >= 0.3 is 0 Å². The Labute approximate surface area is 130 Å². The van der Waals surface area contributed by atoms with Crippen molar-refractivity contribution in [2.24, 2.45) is 5.73 Å². The Balaban J connectivity index is 1.84. The van der Waals surface area contributed by atoms with Crippen molar-refractivity contribution in [3.05, 3.63) is 63.5 Å². The molecule has 2 rings (SSSR count). The third-order valence-electron chi connectivity index (χ3n) is 2.67. The van der Waals surface area contributed by atoms with E-state index >= 15 is 0 Å². The maximum Gasteiger partial charge on any atom is 0.124 e. The Bertz CT molecular complexity index is 530. The standard InChI is InChI=1S/C15H15FINS/c16-12-2-1-3-15(9-12)19-10-14(18)8-11-4-6-13(17)7-5-11/h1-7,9,14H,8,10,18H2. The fraction of sp³-hybridized carbons (Fsp3) is 0.200. The normalized spacial score (nSPS) is 12.4. The van der Waals surface area contributed by atoms with Crippen LogP contribution in [0.15, 0.2) is 53.4 Å². The molecule has 0 fully saturated rings. The topological polar surface area (TPSA) is 26.0 Å². The predicted octanol–water partition coefficient (Wildman–Crippen LogP) is 4.09. The Morgan fingerprint density at radius 2 is 1.89 bits per heavy atom. The molecule has 19 heavy (non-hydrogen) atoms. The summed E-state index contributed by atoms with van der Waals surface area (Å²) in [4.78, 5) is 0.929. The summed E-state index contributed by atoms with van der Waals surface area (Å²) in [6, 6.07) is 15.1. The van der Waals surface area contributed by atoms with Crippen LogP contribution in [0.2, 0.25) is 0 Å². The van der Waals surface area contributed by atoms with Crippen LogP contribution in [0.4, 0.5) is 4.39 Å². The van der Waals surface area contributed by atoms with E-state index in [1.165, 1.54) is 15.2 Å². The van der Waals surface area contributed by atoms with Crippen molar-refractivity contribution >= 4 is 34.4 Å². The van der Waals surface area contributed by atoms with Crippen LogP contribution in [0.1, 0.15) is 5.56 Å². The van der Waals surface area contributed by atoms with Crippen LogP contribution in [0.25, 0.3) is 0 Å². The van der Waals surface area contributed by atoms with Gasteiger partial charge in [-0.1, -0.05) is 18.2 Å². The lowest BCUT2D eigenvalue weighted by Crippen LogP contribution is -2.25. The van der Waals surface area contributed by atoms with Crippen LogP contribution in [0, 0.1) is 9.39 Å². The smallest absolute Gasteiger partial charge is 0.124 e. The van der Waals surface area contributed by atoms with Crippen LogP contribution in [0.3, 0.4) is 0 Å². The van der Waals surface area contributed by atoms with Crippen molar-refractivity contribution < 1.29 is 4.39 Å². The first-order valence-corrected chi connectivity index (χ1v) is 8.08. The first-order chi connectivity index (χ1) is 9.13. The Kier molecular flexibility index (Phi) is 5.66. The summed E-state index contributed by atoms with van der Waals surface area (Å²) in [6.07, 6.45) is 0.846. The SMILES string of the molecule is NC(CSc1cccc(F)c1)Cc1ccc(I)cc1. The van der Waals surface area contributed by atoms with Crippen molar-refractivity contribution in [3.63, 3.8) is 0 Å². The quantitative estimate of drug-likeness (QED) is 0.618. The molecule has 1 atom stereocenters. The Hall–Kier alpha value is -0.590. The highest BCUT2D eigenvalue weighted by Crippen LogP contribution is 2.20. The van der Waals surface area contributed by atoms with Gasteiger partial charge in [-0.05, 0) is 64.9 Å². The summed E-state index contributed by atoms with van der Waals surface area (Å²) in [5.74, 6) is 0.589. The molecule has 2 N–H and O–H groups in total. The molecule has 1 unspecified atom stereocenters. The summed E-state index contributed by atoms with van der Waals surface area (Å²) >= 11 is 3.89. The predicted molar refractivity (Wildman–Crippen MR) is 88.0 cm³/mol. The van der Waals surface area contributed by atoms with Gasteiger partial charge in [-0.2, -0.15) is 0 Å². The number of benzene rings is 2. The molecule has 0 aliphatic carbocycles. The maximum absolute atomic E-state index is 13.0. The van der Waals surface area contributed by atoms with Crippen LogP contribution in [-0.4, -0.2) is 11.8 Å². The van der Waals surface area contributed by atoms with Crippen LogP contribution >= 0.6 is 34.4 Å². The first kappa shape index (κ1) is 14.8. The molecule has 0 aliphatic rings. The van der Waals surface area contributed by atoms with E-state index in [1.807, 2.05) is 6.07 Å². The minimum atomic E-state index is -0.198. The molecule has 100 valence electrons. The van der Waals surface area contributed by atoms with E-state index in [9.17, 15) is 4.39 Å². The average molecular weight is 387 g/mol. The van der Waals surface area contributed by atoms with Gasteiger partial charge in [-0.25, -0.2) is 4.39 Å². The monoisotopic (exact) mass is 387 g/mol. The summed E-state index contributed by atoms with van der Waals surface area (Å²) in [5.41, 5.74) is 7.36. The van der Waals surface area contributed by atoms with E-state index in [0.717, 1.165) is 17.1 Å². The second-order valence-corrected chi connectivity index (χ2v) is 6.70. The fourth-order valence-electron chi connectivity index (χ4n) is 1.74. The van der Waals surface area contributed by atoms with Crippen LogP contribution in [0.5, 0.6) is 0 Å². The number of hydrogen-bond donors (Lipinski definition) is 1. The average Bonchev–Trinajstić information content (AvgIpc) is 2.39. The molecule has 0 heterocycles. The molecule has 0 saturated carbocycles. The molecule has 0 bridgehead atoms. The van der Waals surface area contributed by atoms with Crippen LogP contribution in [-0.2, 0) is 6.42 Å². The molecule has 1 nitrogen and oxygen atoms in total. The van der Waals surface area contributed by atoms with E-state index in [4.69, 9.17) is 5.73 Å². The van der Waals surface area contributed by atoms with Crippen molar-refractivity contribution in [2.45, 2.75) is 17.4 Å². The third-order valence-corrected chi connectivity index (χ3v) is 4.57. The molecule has 0 aromatic heterocycles. The van der Waals surface area contributed by atoms with Gasteiger partial charge in [0, 0.05) is 20.3 Å². The number of halogens is 2.